The maximum atomic E-state index is 11.9. The Labute approximate surface area is 106 Å². The monoisotopic (exact) mass is 256 g/mol. The van der Waals surface area contributed by atoms with Crippen molar-refractivity contribution in [2.45, 2.75) is 32.8 Å². The molecule has 0 aliphatic heterocycles. The zero-order valence-corrected chi connectivity index (χ0v) is 11.2. The first-order valence-electron chi connectivity index (χ1n) is 5.80. The molecule has 0 aromatic carbocycles. The summed E-state index contributed by atoms with van der Waals surface area (Å²) < 4.78 is 9.82. The fourth-order valence-corrected chi connectivity index (χ4v) is 1.58. The number of rotatable bonds is 6. The normalized spacial score (nSPS) is 14.3. The molecule has 1 rings (SSSR count). The molecular weight excluding hydrogens is 236 g/mol. The quantitative estimate of drug-likeness (QED) is 0.786. The lowest BCUT2D eigenvalue weighted by Crippen LogP contribution is -2.41. The number of hydrogen-bond donors (Lipinski definition) is 2. The summed E-state index contributed by atoms with van der Waals surface area (Å²) >= 11 is 0. The molecule has 1 unspecified atom stereocenters. The molecule has 6 heteroatoms. The standard InChI is InChI=1S/C12H20N2O4/c1-8-10(9(2)18-14-8)11(15)13-7-12(3,16)5-6-17-4/h16H,5-7H2,1-4H3,(H,13,15). The maximum absolute atomic E-state index is 11.9. The van der Waals surface area contributed by atoms with Crippen molar-refractivity contribution in [3.05, 3.63) is 17.0 Å². The Balaban J connectivity index is 2.56. The first kappa shape index (κ1) is 14.7. The third kappa shape index (κ3) is 3.82. The Bertz CT molecular complexity index is 393. The van der Waals surface area contributed by atoms with Gasteiger partial charge in [-0.05, 0) is 20.8 Å². The van der Waals surface area contributed by atoms with Crippen LogP contribution in [0.3, 0.4) is 0 Å². The molecule has 1 aromatic heterocycles. The highest BCUT2D eigenvalue weighted by Crippen LogP contribution is 2.13. The van der Waals surface area contributed by atoms with Crippen molar-refractivity contribution < 1.29 is 19.2 Å². The summed E-state index contributed by atoms with van der Waals surface area (Å²) in [6, 6.07) is 0. The van der Waals surface area contributed by atoms with E-state index < -0.39 is 5.60 Å². The predicted octanol–water partition coefficient (Wildman–Crippen LogP) is 0.809. The highest BCUT2D eigenvalue weighted by Gasteiger charge is 2.23. The number of aryl methyl sites for hydroxylation is 2. The van der Waals surface area contributed by atoms with E-state index in [0.29, 0.717) is 30.0 Å². The number of carbonyl (C=O) groups excluding carboxylic acids is 1. The van der Waals surface area contributed by atoms with Gasteiger partial charge >= 0.3 is 0 Å². The Hall–Kier alpha value is -1.40. The highest BCUT2D eigenvalue weighted by molar-refractivity contribution is 5.96. The van der Waals surface area contributed by atoms with Gasteiger partial charge < -0.3 is 19.7 Å². The van der Waals surface area contributed by atoms with Crippen LogP contribution in [0.1, 0.15) is 35.2 Å². The molecule has 0 bridgehead atoms. The molecule has 102 valence electrons. The van der Waals surface area contributed by atoms with E-state index in [1.54, 1.807) is 27.9 Å². The van der Waals surface area contributed by atoms with Crippen LogP contribution in [0.25, 0.3) is 0 Å². The smallest absolute Gasteiger partial charge is 0.256 e. The van der Waals surface area contributed by atoms with Crippen LogP contribution in [-0.4, -0.2) is 42.0 Å². The second kappa shape index (κ2) is 5.97. The van der Waals surface area contributed by atoms with Gasteiger partial charge in [0.15, 0.2) is 0 Å². The minimum Gasteiger partial charge on any atom is -0.388 e. The van der Waals surface area contributed by atoms with Crippen LogP contribution < -0.4 is 5.32 Å². The van der Waals surface area contributed by atoms with Gasteiger partial charge in [-0.2, -0.15) is 0 Å². The number of hydrogen-bond acceptors (Lipinski definition) is 5. The second-order valence-electron chi connectivity index (χ2n) is 4.62. The van der Waals surface area contributed by atoms with Crippen molar-refractivity contribution in [2.75, 3.05) is 20.3 Å². The lowest BCUT2D eigenvalue weighted by atomic mass is 10.0. The minimum atomic E-state index is -0.995. The van der Waals surface area contributed by atoms with Crippen molar-refractivity contribution in [3.63, 3.8) is 0 Å². The van der Waals surface area contributed by atoms with Crippen molar-refractivity contribution in [2.24, 2.45) is 0 Å². The number of aromatic nitrogens is 1. The molecule has 0 radical (unpaired) electrons. The molecule has 1 heterocycles. The Kier molecular flexibility index (Phi) is 4.86. The van der Waals surface area contributed by atoms with Gasteiger partial charge in [-0.3, -0.25) is 4.79 Å². The van der Waals surface area contributed by atoms with Gasteiger partial charge in [0.2, 0.25) is 0 Å². The number of amides is 1. The topological polar surface area (TPSA) is 84.6 Å². The number of carbonyl (C=O) groups is 1. The summed E-state index contributed by atoms with van der Waals surface area (Å²) in [7, 11) is 1.57. The summed E-state index contributed by atoms with van der Waals surface area (Å²) in [6.07, 6.45) is 0.450. The molecule has 0 aliphatic carbocycles. The molecule has 0 saturated carbocycles. The first-order chi connectivity index (χ1) is 8.37. The average molecular weight is 256 g/mol. The molecule has 0 fully saturated rings. The van der Waals surface area contributed by atoms with Crippen molar-refractivity contribution in [1.82, 2.24) is 10.5 Å². The van der Waals surface area contributed by atoms with Gasteiger partial charge in [0.25, 0.3) is 5.91 Å². The van der Waals surface area contributed by atoms with Crippen LogP contribution in [0.15, 0.2) is 4.52 Å². The Morgan fingerprint density at radius 1 is 1.56 bits per heavy atom. The van der Waals surface area contributed by atoms with E-state index in [9.17, 15) is 9.90 Å². The van der Waals surface area contributed by atoms with Crippen LogP contribution >= 0.6 is 0 Å². The van der Waals surface area contributed by atoms with Crippen molar-refractivity contribution >= 4 is 5.91 Å². The zero-order valence-electron chi connectivity index (χ0n) is 11.2. The number of methoxy groups -OCH3 is 1. The summed E-state index contributed by atoms with van der Waals surface area (Å²) in [4.78, 5) is 11.9. The molecule has 2 N–H and O–H groups in total. The van der Waals surface area contributed by atoms with Crippen molar-refractivity contribution in [1.29, 1.82) is 0 Å². The molecular formula is C12H20N2O4. The van der Waals surface area contributed by atoms with Crippen molar-refractivity contribution in [3.8, 4) is 0 Å². The Morgan fingerprint density at radius 3 is 2.72 bits per heavy atom. The average Bonchev–Trinajstić information content (AvgIpc) is 2.64. The molecule has 18 heavy (non-hydrogen) atoms. The number of aliphatic hydroxyl groups is 1. The van der Waals surface area contributed by atoms with Gasteiger partial charge in [-0.1, -0.05) is 5.16 Å². The lowest BCUT2D eigenvalue weighted by Gasteiger charge is -2.23. The molecule has 1 aromatic rings. The fraction of sp³-hybridized carbons (Fsp3) is 0.667. The van der Waals surface area contributed by atoms with E-state index in [4.69, 9.17) is 9.26 Å². The zero-order chi connectivity index (χ0) is 13.8. The molecule has 0 saturated heterocycles. The number of ether oxygens (including phenoxy) is 1. The Morgan fingerprint density at radius 2 is 2.22 bits per heavy atom. The van der Waals surface area contributed by atoms with Crippen LogP contribution in [0, 0.1) is 13.8 Å². The van der Waals surface area contributed by atoms with E-state index in [-0.39, 0.29) is 12.5 Å². The third-order valence-electron chi connectivity index (χ3n) is 2.73. The third-order valence-corrected chi connectivity index (χ3v) is 2.73. The van der Waals surface area contributed by atoms with Gasteiger partial charge in [-0.15, -0.1) is 0 Å². The summed E-state index contributed by atoms with van der Waals surface area (Å²) in [5.41, 5.74) is -0.0240. The number of nitrogens with one attached hydrogen (secondary N) is 1. The fourth-order valence-electron chi connectivity index (χ4n) is 1.58. The maximum Gasteiger partial charge on any atom is 0.256 e. The lowest BCUT2D eigenvalue weighted by molar-refractivity contribution is 0.0243. The van der Waals surface area contributed by atoms with Gasteiger partial charge in [0.1, 0.15) is 11.3 Å². The summed E-state index contributed by atoms with van der Waals surface area (Å²) in [5.74, 6) is 0.186. The van der Waals surface area contributed by atoms with E-state index >= 15 is 0 Å². The molecule has 1 atom stereocenters. The van der Waals surface area contributed by atoms with E-state index in [2.05, 4.69) is 10.5 Å². The number of nitrogens with zero attached hydrogens (tertiary/aromatic N) is 1. The second-order valence-corrected chi connectivity index (χ2v) is 4.62. The predicted molar refractivity (Wildman–Crippen MR) is 65.4 cm³/mol. The summed E-state index contributed by atoms with van der Waals surface area (Å²) in [6.45, 7) is 5.62. The SMILES string of the molecule is COCCC(C)(O)CNC(=O)c1c(C)noc1C. The molecule has 1 amide bonds. The van der Waals surface area contributed by atoms with Crippen LogP contribution in [-0.2, 0) is 4.74 Å². The highest BCUT2D eigenvalue weighted by atomic mass is 16.5. The van der Waals surface area contributed by atoms with Crippen LogP contribution in [0.4, 0.5) is 0 Å². The van der Waals surface area contributed by atoms with E-state index in [1.807, 2.05) is 0 Å². The molecule has 0 aliphatic rings. The summed E-state index contributed by atoms with van der Waals surface area (Å²) in [5, 5.41) is 16.4. The van der Waals surface area contributed by atoms with Gasteiger partial charge in [0, 0.05) is 26.7 Å². The minimum absolute atomic E-state index is 0.152. The van der Waals surface area contributed by atoms with Crippen LogP contribution in [0.2, 0.25) is 0 Å². The molecule has 6 nitrogen and oxygen atoms in total. The first-order valence-corrected chi connectivity index (χ1v) is 5.80. The van der Waals surface area contributed by atoms with Gasteiger partial charge in [0.05, 0.1) is 11.3 Å². The largest absolute Gasteiger partial charge is 0.388 e. The van der Waals surface area contributed by atoms with E-state index in [1.165, 1.54) is 0 Å². The van der Waals surface area contributed by atoms with Crippen LogP contribution in [0.5, 0.6) is 0 Å². The van der Waals surface area contributed by atoms with Gasteiger partial charge in [-0.25, -0.2) is 0 Å². The molecule has 0 spiro atoms. The van der Waals surface area contributed by atoms with E-state index in [0.717, 1.165) is 0 Å².